The SMILES string of the molecule is CC1(C)OC[C@@H]([C@@H](OCc2ccccc2)[C@@H](O)c2cn(C(c3ccccc3)(c3ccccc3)c3ccccc3)cn2)O1. The van der Waals surface area contributed by atoms with E-state index in [1.807, 2.05) is 68.6 Å². The Hall–Kier alpha value is -4.07. The number of aromatic nitrogens is 2. The van der Waals surface area contributed by atoms with Crippen molar-refractivity contribution < 1.29 is 19.3 Å². The molecular weight excluding hydrogens is 524 g/mol. The summed E-state index contributed by atoms with van der Waals surface area (Å²) in [6, 6.07) is 41.1. The lowest BCUT2D eigenvalue weighted by Crippen LogP contribution is -2.38. The first-order valence-corrected chi connectivity index (χ1v) is 14.3. The van der Waals surface area contributed by atoms with Crippen molar-refractivity contribution in [3.05, 3.63) is 162 Å². The zero-order valence-electron chi connectivity index (χ0n) is 23.9. The number of ether oxygens (including phenoxy) is 3. The first kappa shape index (κ1) is 28.1. The number of hydrogen-bond acceptors (Lipinski definition) is 5. The van der Waals surface area contributed by atoms with Gasteiger partial charge in [0.2, 0.25) is 0 Å². The Morgan fingerprint density at radius 3 is 1.81 bits per heavy atom. The largest absolute Gasteiger partial charge is 0.384 e. The van der Waals surface area contributed by atoms with Gasteiger partial charge in [-0.3, -0.25) is 0 Å². The zero-order chi connectivity index (χ0) is 29.0. The molecule has 6 nitrogen and oxygen atoms in total. The van der Waals surface area contributed by atoms with E-state index >= 15 is 0 Å². The number of imidazole rings is 1. The van der Waals surface area contributed by atoms with E-state index < -0.39 is 29.6 Å². The van der Waals surface area contributed by atoms with Crippen LogP contribution in [0.3, 0.4) is 0 Å². The standard InChI is InChI=1S/C36H36N2O4/c1-35(2)41-25-32(42-35)34(40-24-27-15-7-3-8-16-27)33(39)31-23-38(26-37-31)36(28-17-9-4-10-18-28,29-19-11-5-12-20-29)30-21-13-6-14-22-30/h3-23,26,32-34,39H,24-25H2,1-2H3/t32-,33-,34+/m0/s1. The lowest BCUT2D eigenvalue weighted by atomic mass is 9.77. The van der Waals surface area contributed by atoms with Crippen molar-refractivity contribution in [2.45, 2.75) is 50.1 Å². The van der Waals surface area contributed by atoms with Crippen LogP contribution in [-0.4, -0.2) is 39.3 Å². The molecule has 0 unspecified atom stereocenters. The van der Waals surface area contributed by atoms with Gasteiger partial charge >= 0.3 is 0 Å². The molecule has 5 aromatic rings. The number of rotatable bonds is 10. The van der Waals surface area contributed by atoms with Crippen LogP contribution in [0.15, 0.2) is 134 Å². The van der Waals surface area contributed by atoms with Gasteiger partial charge < -0.3 is 23.9 Å². The maximum Gasteiger partial charge on any atom is 0.163 e. The van der Waals surface area contributed by atoms with E-state index in [1.165, 1.54) is 0 Å². The van der Waals surface area contributed by atoms with Crippen LogP contribution in [0.25, 0.3) is 0 Å². The van der Waals surface area contributed by atoms with Gasteiger partial charge in [0, 0.05) is 6.20 Å². The average molecular weight is 561 g/mol. The fourth-order valence-corrected chi connectivity index (χ4v) is 5.87. The van der Waals surface area contributed by atoms with Crippen molar-refractivity contribution in [1.82, 2.24) is 9.55 Å². The molecule has 0 radical (unpaired) electrons. The van der Waals surface area contributed by atoms with Crippen molar-refractivity contribution in [3.63, 3.8) is 0 Å². The molecule has 1 aromatic heterocycles. The molecule has 1 aliphatic rings. The number of nitrogens with zero attached hydrogens (tertiary/aromatic N) is 2. The quantitative estimate of drug-likeness (QED) is 0.198. The minimum atomic E-state index is -1.06. The van der Waals surface area contributed by atoms with Gasteiger partial charge in [-0.25, -0.2) is 4.98 Å². The van der Waals surface area contributed by atoms with E-state index in [0.717, 1.165) is 22.3 Å². The number of hydrogen-bond donors (Lipinski definition) is 1. The maximum absolute atomic E-state index is 11.8. The summed E-state index contributed by atoms with van der Waals surface area (Å²) in [6.07, 6.45) is 1.51. The van der Waals surface area contributed by atoms with Crippen LogP contribution in [-0.2, 0) is 26.4 Å². The summed E-state index contributed by atoms with van der Waals surface area (Å²) in [7, 11) is 0. The van der Waals surface area contributed by atoms with Gasteiger partial charge in [-0.1, -0.05) is 121 Å². The molecular formula is C36H36N2O4. The summed E-state index contributed by atoms with van der Waals surface area (Å²) in [6.45, 7) is 4.38. The third kappa shape index (κ3) is 5.54. The number of benzene rings is 4. The van der Waals surface area contributed by atoms with Crippen molar-refractivity contribution in [3.8, 4) is 0 Å². The molecule has 1 aliphatic heterocycles. The lowest BCUT2D eigenvalue weighted by molar-refractivity contribution is -0.172. The zero-order valence-corrected chi connectivity index (χ0v) is 23.9. The van der Waals surface area contributed by atoms with Gasteiger partial charge in [0.25, 0.3) is 0 Å². The van der Waals surface area contributed by atoms with Gasteiger partial charge in [0.15, 0.2) is 5.79 Å². The Balaban J connectivity index is 1.43. The topological polar surface area (TPSA) is 65.7 Å². The van der Waals surface area contributed by atoms with E-state index in [0.29, 0.717) is 18.9 Å². The highest BCUT2D eigenvalue weighted by molar-refractivity contribution is 5.50. The Kier molecular flexibility index (Phi) is 8.05. The molecule has 42 heavy (non-hydrogen) atoms. The van der Waals surface area contributed by atoms with E-state index in [1.54, 1.807) is 6.33 Å². The predicted molar refractivity (Wildman–Crippen MR) is 162 cm³/mol. The second kappa shape index (κ2) is 12.0. The number of aliphatic hydroxyl groups excluding tert-OH is 1. The average Bonchev–Trinajstić information content (AvgIpc) is 3.67. The van der Waals surface area contributed by atoms with E-state index in [4.69, 9.17) is 19.2 Å². The summed E-state index contributed by atoms with van der Waals surface area (Å²) in [5.74, 6) is -0.763. The van der Waals surface area contributed by atoms with Crippen LogP contribution >= 0.6 is 0 Å². The van der Waals surface area contributed by atoms with Crippen LogP contribution in [0, 0.1) is 0 Å². The summed E-state index contributed by atoms with van der Waals surface area (Å²) in [4.78, 5) is 4.78. The third-order valence-electron chi connectivity index (χ3n) is 7.86. The van der Waals surface area contributed by atoms with Crippen molar-refractivity contribution in [1.29, 1.82) is 0 Å². The monoisotopic (exact) mass is 560 g/mol. The van der Waals surface area contributed by atoms with E-state index in [9.17, 15) is 5.11 Å². The molecule has 0 saturated carbocycles. The second-order valence-corrected chi connectivity index (χ2v) is 11.1. The van der Waals surface area contributed by atoms with Gasteiger partial charge in [0.1, 0.15) is 23.9 Å². The fraction of sp³-hybridized carbons (Fsp3) is 0.250. The summed E-state index contributed by atoms with van der Waals surface area (Å²) >= 11 is 0. The van der Waals surface area contributed by atoms with Crippen molar-refractivity contribution >= 4 is 0 Å². The van der Waals surface area contributed by atoms with Crippen LogP contribution in [0.2, 0.25) is 0 Å². The molecule has 6 rings (SSSR count). The molecule has 1 N–H and O–H groups in total. The fourth-order valence-electron chi connectivity index (χ4n) is 5.87. The molecule has 0 spiro atoms. The first-order valence-electron chi connectivity index (χ1n) is 14.3. The molecule has 1 fully saturated rings. The van der Waals surface area contributed by atoms with E-state index in [-0.39, 0.29) is 0 Å². The van der Waals surface area contributed by atoms with Crippen LogP contribution in [0.1, 0.15) is 47.9 Å². The van der Waals surface area contributed by atoms with Gasteiger partial charge in [-0.15, -0.1) is 0 Å². The Morgan fingerprint density at radius 1 is 0.833 bits per heavy atom. The molecule has 0 bridgehead atoms. The highest BCUT2D eigenvalue weighted by Crippen LogP contribution is 2.41. The smallest absolute Gasteiger partial charge is 0.163 e. The van der Waals surface area contributed by atoms with Crippen molar-refractivity contribution in [2.75, 3.05) is 6.61 Å². The Labute approximate surface area is 247 Å². The molecule has 1 saturated heterocycles. The van der Waals surface area contributed by atoms with Crippen LogP contribution in [0.5, 0.6) is 0 Å². The molecule has 214 valence electrons. The van der Waals surface area contributed by atoms with E-state index in [2.05, 4.69) is 77.4 Å². The molecule has 2 heterocycles. The molecule has 6 heteroatoms. The van der Waals surface area contributed by atoms with Gasteiger partial charge in [-0.05, 0) is 36.1 Å². The predicted octanol–water partition coefficient (Wildman–Crippen LogP) is 6.49. The van der Waals surface area contributed by atoms with Crippen LogP contribution in [0.4, 0.5) is 0 Å². The maximum atomic E-state index is 11.8. The van der Waals surface area contributed by atoms with Crippen molar-refractivity contribution in [2.24, 2.45) is 0 Å². The van der Waals surface area contributed by atoms with Gasteiger partial charge in [0.05, 0.1) is 25.2 Å². The summed E-state index contributed by atoms with van der Waals surface area (Å²) < 4.78 is 20.5. The molecule has 3 atom stereocenters. The molecule has 0 aliphatic carbocycles. The Bertz CT molecular complexity index is 1460. The summed E-state index contributed by atoms with van der Waals surface area (Å²) in [5, 5.41) is 11.8. The molecule has 0 amide bonds. The second-order valence-electron chi connectivity index (χ2n) is 11.1. The highest BCUT2D eigenvalue weighted by atomic mass is 16.7. The normalized spacial score (nSPS) is 18.0. The minimum absolute atomic E-state index is 0.312. The Morgan fingerprint density at radius 2 is 1.33 bits per heavy atom. The number of aliphatic hydroxyl groups is 1. The van der Waals surface area contributed by atoms with Gasteiger partial charge in [-0.2, -0.15) is 0 Å². The molecule has 4 aromatic carbocycles. The third-order valence-corrected chi connectivity index (χ3v) is 7.86. The summed E-state index contributed by atoms with van der Waals surface area (Å²) in [5.41, 5.74) is 4.00. The highest BCUT2D eigenvalue weighted by Gasteiger charge is 2.43. The first-order chi connectivity index (χ1) is 20.5. The van der Waals surface area contributed by atoms with Crippen LogP contribution < -0.4 is 0 Å². The lowest BCUT2D eigenvalue weighted by Gasteiger charge is -2.37. The minimum Gasteiger partial charge on any atom is -0.384 e.